The van der Waals surface area contributed by atoms with Gasteiger partial charge in [-0.05, 0) is 4.85 Å². The molecule has 7 heteroatoms. The van der Waals surface area contributed by atoms with Crippen LogP contribution in [0.3, 0.4) is 0 Å². The summed E-state index contributed by atoms with van der Waals surface area (Å²) in [5.41, 5.74) is 5.36. The van der Waals surface area contributed by atoms with Crippen LogP contribution in [0.1, 0.15) is 0 Å². The van der Waals surface area contributed by atoms with E-state index in [2.05, 4.69) is 5.10 Å². The van der Waals surface area contributed by atoms with Crippen molar-refractivity contribution in [1.29, 1.82) is 0 Å². The number of anilines is 1. The van der Waals surface area contributed by atoms with E-state index in [1.807, 2.05) is 0 Å². The van der Waals surface area contributed by atoms with Crippen LogP contribution in [0, 0.1) is 5.21 Å². The number of aromatic hydroxyl groups is 1. The summed E-state index contributed by atoms with van der Waals surface area (Å²) >= 11 is 0. The first-order chi connectivity index (χ1) is 6.20. The first kappa shape index (κ1) is 7.71. The van der Waals surface area contributed by atoms with Crippen LogP contribution in [0.4, 0.5) is 5.82 Å². The fourth-order valence-electron chi connectivity index (χ4n) is 1.05. The highest BCUT2D eigenvalue weighted by Crippen LogP contribution is 2.38. The summed E-state index contributed by atoms with van der Waals surface area (Å²) in [5, 5.41) is 23.3. The fourth-order valence-corrected chi connectivity index (χ4v) is 1.05. The first-order valence-corrected chi connectivity index (χ1v) is 3.58. The normalized spacial score (nSPS) is 14.2. The van der Waals surface area contributed by atoms with Gasteiger partial charge in [0.15, 0.2) is 0 Å². The largest absolute Gasteiger partial charge is 0.591 e. The number of rotatable bonds is 0. The molecule has 0 saturated carbocycles. The molecule has 0 amide bonds. The van der Waals surface area contributed by atoms with Crippen LogP contribution < -0.4 is 20.1 Å². The molecule has 0 spiro atoms. The molecule has 7 nitrogen and oxygen atoms in total. The van der Waals surface area contributed by atoms with Gasteiger partial charge in [0.25, 0.3) is 5.75 Å². The molecule has 0 atom stereocenters. The van der Waals surface area contributed by atoms with Crippen molar-refractivity contribution in [1.82, 2.24) is 5.10 Å². The molecule has 0 saturated heterocycles. The number of hydrogen-bond donors (Lipinski definition) is 2. The Labute approximate surface area is 72.9 Å². The highest BCUT2D eigenvalue weighted by Gasteiger charge is 2.28. The minimum Gasteiger partial charge on any atom is -0.591 e. The van der Waals surface area contributed by atoms with Gasteiger partial charge in [-0.15, -0.1) is 0 Å². The SMILES string of the molecule is Nc1n[n+]([O-])c(O)c2c1OCCO2. The number of nitrogens with zero attached hydrogens (tertiary/aromatic N) is 2. The van der Waals surface area contributed by atoms with E-state index in [0.29, 0.717) is 6.61 Å². The summed E-state index contributed by atoms with van der Waals surface area (Å²) < 4.78 is 10.1. The van der Waals surface area contributed by atoms with E-state index in [-0.39, 0.29) is 28.8 Å². The van der Waals surface area contributed by atoms with Crippen molar-refractivity contribution >= 4 is 5.82 Å². The molecule has 2 heterocycles. The zero-order valence-electron chi connectivity index (χ0n) is 6.56. The number of nitrogen functional groups attached to an aromatic ring is 1. The third-order valence-electron chi connectivity index (χ3n) is 1.60. The lowest BCUT2D eigenvalue weighted by Crippen LogP contribution is -2.34. The molecule has 1 aliphatic rings. The van der Waals surface area contributed by atoms with Crippen LogP contribution in [0.5, 0.6) is 17.4 Å². The molecule has 0 unspecified atom stereocenters. The van der Waals surface area contributed by atoms with E-state index in [1.165, 1.54) is 0 Å². The molecule has 13 heavy (non-hydrogen) atoms. The van der Waals surface area contributed by atoms with E-state index >= 15 is 0 Å². The Hall–Kier alpha value is -1.92. The lowest BCUT2D eigenvalue weighted by atomic mass is 10.4. The Morgan fingerprint density at radius 1 is 1.38 bits per heavy atom. The van der Waals surface area contributed by atoms with Crippen molar-refractivity contribution in [3.63, 3.8) is 0 Å². The van der Waals surface area contributed by atoms with Crippen LogP contribution in [0.2, 0.25) is 0 Å². The van der Waals surface area contributed by atoms with Gasteiger partial charge in [-0.2, -0.15) is 0 Å². The molecule has 0 aliphatic carbocycles. The molecular formula is C6H7N3O4. The second-order valence-electron chi connectivity index (χ2n) is 2.44. The van der Waals surface area contributed by atoms with Gasteiger partial charge in [-0.3, -0.25) is 0 Å². The zero-order chi connectivity index (χ0) is 9.42. The average molecular weight is 185 g/mol. The standard InChI is InChI=1S/C6H7N3O4/c7-5-3-4(13-2-1-12-3)6(10)9(11)8-5/h10H,1-2H2,(H2,7,8). The summed E-state index contributed by atoms with van der Waals surface area (Å²) in [7, 11) is 0. The van der Waals surface area contributed by atoms with E-state index in [1.54, 1.807) is 0 Å². The second-order valence-corrected chi connectivity index (χ2v) is 2.44. The van der Waals surface area contributed by atoms with Gasteiger partial charge in [0.2, 0.25) is 11.6 Å². The molecule has 0 bridgehead atoms. The van der Waals surface area contributed by atoms with Gasteiger partial charge in [-0.1, -0.05) is 0 Å². The molecular weight excluding hydrogens is 178 g/mol. The molecule has 0 fully saturated rings. The first-order valence-electron chi connectivity index (χ1n) is 3.58. The maximum absolute atomic E-state index is 10.9. The summed E-state index contributed by atoms with van der Waals surface area (Å²) in [5.74, 6) is -0.656. The monoisotopic (exact) mass is 185 g/mol. The minimum atomic E-state index is -0.635. The fraction of sp³-hybridized carbons (Fsp3) is 0.333. The molecule has 0 aromatic carbocycles. The smallest absolute Gasteiger partial charge is 0.451 e. The van der Waals surface area contributed by atoms with E-state index in [0.717, 1.165) is 0 Å². The van der Waals surface area contributed by atoms with Crippen LogP contribution >= 0.6 is 0 Å². The Morgan fingerprint density at radius 3 is 2.69 bits per heavy atom. The van der Waals surface area contributed by atoms with Gasteiger partial charge >= 0.3 is 5.88 Å². The Kier molecular flexibility index (Phi) is 1.51. The highest BCUT2D eigenvalue weighted by molar-refractivity contribution is 5.57. The zero-order valence-corrected chi connectivity index (χ0v) is 6.56. The van der Waals surface area contributed by atoms with E-state index in [4.69, 9.17) is 15.2 Å². The molecule has 1 aromatic heterocycles. The van der Waals surface area contributed by atoms with Crippen LogP contribution in [0.15, 0.2) is 0 Å². The predicted molar refractivity (Wildman–Crippen MR) is 40.3 cm³/mol. The summed E-state index contributed by atoms with van der Waals surface area (Å²) in [6.45, 7) is 0.588. The van der Waals surface area contributed by atoms with E-state index in [9.17, 15) is 10.3 Å². The number of hydrogen-bond acceptors (Lipinski definition) is 6. The molecule has 2 rings (SSSR count). The maximum Gasteiger partial charge on any atom is 0.451 e. The van der Waals surface area contributed by atoms with Gasteiger partial charge in [0.1, 0.15) is 13.2 Å². The van der Waals surface area contributed by atoms with Gasteiger partial charge in [0, 0.05) is 5.10 Å². The Bertz CT molecular complexity index is 354. The van der Waals surface area contributed by atoms with Crippen molar-refractivity contribution in [3.8, 4) is 17.4 Å². The summed E-state index contributed by atoms with van der Waals surface area (Å²) in [4.78, 5) is -0.0111. The molecule has 1 aliphatic heterocycles. The third-order valence-corrected chi connectivity index (χ3v) is 1.60. The molecule has 70 valence electrons. The lowest BCUT2D eigenvalue weighted by Gasteiger charge is -2.17. The number of nitrogens with two attached hydrogens (primary N) is 1. The van der Waals surface area contributed by atoms with Crippen molar-refractivity contribution in [2.24, 2.45) is 0 Å². The molecule has 1 aromatic rings. The average Bonchev–Trinajstić information content (AvgIpc) is 2.15. The van der Waals surface area contributed by atoms with E-state index < -0.39 is 5.88 Å². The van der Waals surface area contributed by atoms with Gasteiger partial charge < -0.3 is 25.5 Å². The van der Waals surface area contributed by atoms with Crippen molar-refractivity contribution in [3.05, 3.63) is 5.21 Å². The van der Waals surface area contributed by atoms with Gasteiger partial charge in [0.05, 0.1) is 0 Å². The van der Waals surface area contributed by atoms with Crippen LogP contribution in [0.25, 0.3) is 0 Å². The third kappa shape index (κ3) is 1.05. The van der Waals surface area contributed by atoms with Crippen molar-refractivity contribution in [2.45, 2.75) is 0 Å². The summed E-state index contributed by atoms with van der Waals surface area (Å²) in [6.07, 6.45) is 0. The summed E-state index contributed by atoms with van der Waals surface area (Å²) in [6, 6.07) is 0. The van der Waals surface area contributed by atoms with Crippen molar-refractivity contribution < 1.29 is 19.4 Å². The maximum atomic E-state index is 10.9. The van der Waals surface area contributed by atoms with Crippen LogP contribution in [-0.4, -0.2) is 23.4 Å². The predicted octanol–water partition coefficient (Wildman–Crippen LogP) is -1.23. The molecule has 0 radical (unpaired) electrons. The Balaban J connectivity index is 2.63. The quantitative estimate of drug-likeness (QED) is 0.387. The van der Waals surface area contributed by atoms with Crippen molar-refractivity contribution in [2.75, 3.05) is 18.9 Å². The number of aromatic nitrogens is 2. The highest BCUT2D eigenvalue weighted by atomic mass is 16.6. The topological polar surface area (TPSA) is 105 Å². The molecule has 3 N–H and O–H groups in total. The van der Waals surface area contributed by atoms with Gasteiger partial charge in [-0.25, -0.2) is 0 Å². The number of fused-ring (bicyclic) bond motifs is 1. The minimum absolute atomic E-state index is 0.0111. The lowest BCUT2D eigenvalue weighted by molar-refractivity contribution is -0.674. The Morgan fingerprint density at radius 2 is 2.00 bits per heavy atom. The van der Waals surface area contributed by atoms with Crippen LogP contribution in [-0.2, 0) is 0 Å². The number of ether oxygens (including phenoxy) is 2. The second kappa shape index (κ2) is 2.54.